The molecule has 154 valence electrons. The van der Waals surface area contributed by atoms with Crippen molar-refractivity contribution in [2.45, 2.75) is 19.4 Å². The van der Waals surface area contributed by atoms with Crippen LogP contribution in [0.25, 0.3) is 10.1 Å². The lowest BCUT2D eigenvalue weighted by molar-refractivity contribution is -0.117. The van der Waals surface area contributed by atoms with Gasteiger partial charge in [0.05, 0.1) is 12.1 Å². The van der Waals surface area contributed by atoms with Gasteiger partial charge in [-0.2, -0.15) is 5.10 Å². The number of nitrogens with one attached hydrogen (secondary N) is 1. The number of carbonyl (C=O) groups excluding carboxylic acids is 2. The minimum atomic E-state index is -3.07. The van der Waals surface area contributed by atoms with Crippen LogP contribution in [0.1, 0.15) is 33.9 Å². The number of alkyl halides is 4. The van der Waals surface area contributed by atoms with Crippen molar-refractivity contribution >= 4 is 50.6 Å². The van der Waals surface area contributed by atoms with E-state index in [0.29, 0.717) is 26.5 Å². The van der Waals surface area contributed by atoms with E-state index in [1.54, 1.807) is 6.07 Å². The summed E-state index contributed by atoms with van der Waals surface area (Å²) in [6.07, 6.45) is -6.10. The summed E-state index contributed by atoms with van der Waals surface area (Å²) in [7, 11) is 1.22. The summed E-state index contributed by atoms with van der Waals surface area (Å²) in [5.41, 5.74) is -1.31. The minimum absolute atomic E-state index is 0.199. The van der Waals surface area contributed by atoms with E-state index >= 15 is 0 Å². The molecule has 2 heterocycles. The van der Waals surface area contributed by atoms with E-state index in [1.807, 2.05) is 0 Å². The van der Waals surface area contributed by atoms with E-state index < -0.39 is 42.7 Å². The van der Waals surface area contributed by atoms with Gasteiger partial charge in [0.15, 0.2) is 0 Å². The number of benzene rings is 1. The van der Waals surface area contributed by atoms with Gasteiger partial charge >= 0.3 is 5.97 Å². The number of aromatic nitrogens is 2. The van der Waals surface area contributed by atoms with Crippen molar-refractivity contribution < 1.29 is 31.9 Å². The van der Waals surface area contributed by atoms with Gasteiger partial charge in [-0.3, -0.25) is 9.48 Å². The molecule has 1 aromatic carbocycles. The second-order valence-electron chi connectivity index (χ2n) is 5.75. The molecule has 3 aromatic rings. The van der Waals surface area contributed by atoms with E-state index in [0.717, 1.165) is 11.3 Å². The molecule has 0 radical (unpaired) electrons. The predicted octanol–water partition coefficient (Wildman–Crippen LogP) is 5.05. The van der Waals surface area contributed by atoms with Crippen LogP contribution >= 0.6 is 22.9 Å². The topological polar surface area (TPSA) is 73.2 Å². The summed E-state index contributed by atoms with van der Waals surface area (Å²) >= 11 is 7.21. The van der Waals surface area contributed by atoms with E-state index in [-0.39, 0.29) is 9.90 Å². The highest BCUT2D eigenvalue weighted by molar-refractivity contribution is 7.21. The third kappa shape index (κ3) is 4.35. The molecule has 29 heavy (non-hydrogen) atoms. The highest BCUT2D eigenvalue weighted by Crippen LogP contribution is 2.37. The molecular formula is C17H12ClF4N3O3S. The first kappa shape index (κ1) is 21.1. The largest absolute Gasteiger partial charge is 0.465 e. The third-order valence-corrected chi connectivity index (χ3v) is 5.49. The highest BCUT2D eigenvalue weighted by Gasteiger charge is 2.23. The molecule has 2 aromatic heterocycles. The molecule has 0 aliphatic rings. The summed E-state index contributed by atoms with van der Waals surface area (Å²) in [6, 6.07) is 5.18. The number of esters is 1. The number of anilines is 1. The lowest BCUT2D eigenvalue weighted by Gasteiger charge is -2.08. The quantitative estimate of drug-likeness (QED) is 0.422. The molecule has 0 atom stereocenters. The lowest BCUT2D eigenvalue weighted by Crippen LogP contribution is -2.21. The number of amides is 1. The maximum absolute atomic E-state index is 13.0. The summed E-state index contributed by atoms with van der Waals surface area (Å²) in [4.78, 5) is 24.1. The van der Waals surface area contributed by atoms with Crippen LogP contribution in [-0.4, -0.2) is 28.8 Å². The van der Waals surface area contributed by atoms with Crippen LogP contribution in [0.15, 0.2) is 24.3 Å². The number of halogens is 5. The zero-order valence-electron chi connectivity index (χ0n) is 14.6. The molecule has 0 bridgehead atoms. The molecule has 12 heteroatoms. The number of nitrogens with zero attached hydrogens (tertiary/aromatic N) is 2. The number of hydrogen-bond acceptors (Lipinski definition) is 5. The van der Waals surface area contributed by atoms with Gasteiger partial charge in [-0.15, -0.1) is 11.3 Å². The van der Waals surface area contributed by atoms with E-state index in [9.17, 15) is 27.2 Å². The number of ether oxygens (including phenoxy) is 1. The fourth-order valence-electron chi connectivity index (χ4n) is 2.56. The van der Waals surface area contributed by atoms with Gasteiger partial charge in [0.25, 0.3) is 12.9 Å². The maximum atomic E-state index is 13.0. The normalized spacial score (nSPS) is 11.4. The molecule has 0 saturated carbocycles. The van der Waals surface area contributed by atoms with Crippen LogP contribution in [-0.2, 0) is 16.1 Å². The first-order valence-corrected chi connectivity index (χ1v) is 9.14. The molecular weight excluding hydrogens is 438 g/mol. The van der Waals surface area contributed by atoms with Crippen molar-refractivity contribution in [3.05, 3.63) is 45.6 Å². The predicted molar refractivity (Wildman–Crippen MR) is 98.9 cm³/mol. The molecule has 1 N–H and O–H groups in total. The van der Waals surface area contributed by atoms with Crippen molar-refractivity contribution in [1.29, 1.82) is 0 Å². The maximum Gasteiger partial charge on any atom is 0.349 e. The minimum Gasteiger partial charge on any atom is -0.465 e. The molecule has 3 rings (SSSR count). The van der Waals surface area contributed by atoms with Crippen LogP contribution in [0.2, 0.25) is 5.02 Å². The van der Waals surface area contributed by atoms with Crippen molar-refractivity contribution in [1.82, 2.24) is 9.78 Å². The van der Waals surface area contributed by atoms with E-state index in [1.165, 1.54) is 19.2 Å². The zero-order valence-corrected chi connectivity index (χ0v) is 16.2. The summed E-state index contributed by atoms with van der Waals surface area (Å²) < 4.78 is 57.2. The molecule has 6 nitrogen and oxygen atoms in total. The Morgan fingerprint density at radius 1 is 1.24 bits per heavy atom. The number of carbonyl (C=O) groups is 2. The standard InChI is InChI=1S/C17H12ClF4N3O3S/c1-28-17(27)14-13(18)8-3-2-7(4-11(8)29-14)23-12(26)6-25-10(16(21)22)5-9(24-25)15(19)20/h2-5,15-16H,6H2,1H3,(H,23,26). The summed E-state index contributed by atoms with van der Waals surface area (Å²) in [5.74, 6) is -1.35. The number of thiophene rings is 1. The van der Waals surface area contributed by atoms with Gasteiger partial charge in [-0.1, -0.05) is 11.6 Å². The fourth-order valence-corrected chi connectivity index (χ4v) is 4.03. The van der Waals surface area contributed by atoms with Crippen LogP contribution < -0.4 is 5.32 Å². The number of rotatable bonds is 6. The Kier molecular flexibility index (Phi) is 6.08. The Bertz CT molecular complexity index is 1080. The van der Waals surface area contributed by atoms with Gasteiger partial charge in [0.1, 0.15) is 22.8 Å². The number of fused-ring (bicyclic) bond motifs is 1. The monoisotopic (exact) mass is 449 g/mol. The van der Waals surface area contributed by atoms with Gasteiger partial charge in [-0.05, 0) is 24.3 Å². The van der Waals surface area contributed by atoms with Crippen molar-refractivity contribution in [2.24, 2.45) is 0 Å². The Morgan fingerprint density at radius 2 is 1.97 bits per heavy atom. The van der Waals surface area contributed by atoms with E-state index in [2.05, 4.69) is 15.2 Å². The molecule has 0 spiro atoms. The Hall–Kier alpha value is -2.66. The van der Waals surface area contributed by atoms with Crippen LogP contribution in [0.3, 0.4) is 0 Å². The third-order valence-electron chi connectivity index (χ3n) is 3.85. The van der Waals surface area contributed by atoms with Crippen molar-refractivity contribution in [3.63, 3.8) is 0 Å². The van der Waals surface area contributed by atoms with Gasteiger partial charge < -0.3 is 10.1 Å². The van der Waals surface area contributed by atoms with Crippen LogP contribution in [0, 0.1) is 0 Å². The van der Waals surface area contributed by atoms with Crippen molar-refractivity contribution in [2.75, 3.05) is 12.4 Å². The Morgan fingerprint density at radius 3 is 2.59 bits per heavy atom. The summed E-state index contributed by atoms with van der Waals surface area (Å²) in [6.45, 7) is -0.678. The molecule has 0 saturated heterocycles. The smallest absolute Gasteiger partial charge is 0.349 e. The first-order chi connectivity index (χ1) is 13.7. The molecule has 0 unspecified atom stereocenters. The SMILES string of the molecule is COC(=O)c1sc2cc(NC(=O)Cn3nc(C(F)F)cc3C(F)F)ccc2c1Cl. The van der Waals surface area contributed by atoms with Gasteiger partial charge in [0.2, 0.25) is 5.91 Å². The average molecular weight is 450 g/mol. The van der Waals surface area contributed by atoms with E-state index in [4.69, 9.17) is 11.6 Å². The van der Waals surface area contributed by atoms with Crippen LogP contribution in [0.5, 0.6) is 0 Å². The Balaban J connectivity index is 1.81. The fraction of sp³-hybridized carbons (Fsp3) is 0.235. The van der Waals surface area contributed by atoms with Gasteiger partial charge in [0, 0.05) is 15.8 Å². The second kappa shape index (κ2) is 8.37. The number of hydrogen-bond donors (Lipinski definition) is 1. The molecule has 1 amide bonds. The van der Waals surface area contributed by atoms with Crippen LogP contribution in [0.4, 0.5) is 23.2 Å². The summed E-state index contributed by atoms with van der Waals surface area (Å²) in [5, 5.41) is 6.63. The lowest BCUT2D eigenvalue weighted by atomic mass is 10.2. The molecule has 0 aliphatic heterocycles. The van der Waals surface area contributed by atoms with Gasteiger partial charge in [-0.25, -0.2) is 22.4 Å². The second-order valence-corrected chi connectivity index (χ2v) is 7.18. The van der Waals surface area contributed by atoms with Crippen molar-refractivity contribution in [3.8, 4) is 0 Å². The first-order valence-electron chi connectivity index (χ1n) is 7.95. The zero-order chi connectivity index (χ0) is 21.3. The average Bonchev–Trinajstić information content (AvgIpc) is 3.22. The molecule has 0 aliphatic carbocycles. The highest BCUT2D eigenvalue weighted by atomic mass is 35.5. The number of methoxy groups -OCH3 is 1. The molecule has 0 fully saturated rings. The Labute approximate surface area is 170 Å².